The predicted molar refractivity (Wildman–Crippen MR) is 101 cm³/mol. The summed E-state index contributed by atoms with van der Waals surface area (Å²) in [7, 11) is 0. The third kappa shape index (κ3) is 3.49. The molecule has 146 valence electrons. The molecule has 29 heavy (non-hydrogen) atoms. The van der Waals surface area contributed by atoms with E-state index in [1.165, 1.54) is 10.6 Å². The van der Waals surface area contributed by atoms with Crippen molar-refractivity contribution in [1.82, 2.24) is 4.57 Å². The summed E-state index contributed by atoms with van der Waals surface area (Å²) < 4.78 is 47.4. The summed E-state index contributed by atoms with van der Waals surface area (Å²) >= 11 is 0. The topological polar surface area (TPSA) is 55.0 Å². The minimum atomic E-state index is -4.81. The molecule has 0 aliphatic carbocycles. The van der Waals surface area contributed by atoms with Crippen LogP contribution in [0, 0.1) is 11.3 Å². The number of hydrogen-bond acceptors (Lipinski definition) is 3. The Bertz CT molecular complexity index is 1180. The lowest BCUT2D eigenvalue weighted by atomic mass is 10.0. The highest BCUT2D eigenvalue weighted by atomic mass is 19.4. The van der Waals surface area contributed by atoms with E-state index >= 15 is 0 Å². The van der Waals surface area contributed by atoms with E-state index in [0.29, 0.717) is 24.3 Å². The van der Waals surface area contributed by atoms with Crippen LogP contribution < -0.4 is 10.3 Å². The molecule has 0 saturated carbocycles. The lowest BCUT2D eigenvalue weighted by molar-refractivity contribution is -0.137. The van der Waals surface area contributed by atoms with Crippen LogP contribution in [0.5, 0.6) is 5.75 Å². The van der Waals surface area contributed by atoms with Gasteiger partial charge in [-0.05, 0) is 41.0 Å². The van der Waals surface area contributed by atoms with Gasteiger partial charge in [-0.1, -0.05) is 30.3 Å². The zero-order valence-corrected chi connectivity index (χ0v) is 15.2. The van der Waals surface area contributed by atoms with Crippen molar-refractivity contribution in [2.24, 2.45) is 0 Å². The van der Waals surface area contributed by atoms with Crippen LogP contribution in [-0.4, -0.2) is 11.2 Å². The highest BCUT2D eigenvalue weighted by Gasteiger charge is 2.36. The number of benzene rings is 2. The Labute approximate surface area is 164 Å². The first kappa shape index (κ1) is 18.8. The van der Waals surface area contributed by atoms with Crippen LogP contribution in [0.4, 0.5) is 13.2 Å². The van der Waals surface area contributed by atoms with Crippen molar-refractivity contribution < 1.29 is 17.9 Å². The molecule has 1 aromatic heterocycles. The monoisotopic (exact) mass is 396 g/mol. The van der Waals surface area contributed by atoms with Crippen LogP contribution >= 0.6 is 0 Å². The molecule has 0 radical (unpaired) electrons. The van der Waals surface area contributed by atoms with Crippen molar-refractivity contribution in [3.8, 4) is 23.1 Å². The molecule has 0 atom stereocenters. The molecule has 2 heterocycles. The fourth-order valence-corrected chi connectivity index (χ4v) is 3.49. The summed E-state index contributed by atoms with van der Waals surface area (Å²) in [5, 5.41) is 9.26. The Kier molecular flexibility index (Phi) is 4.63. The third-order valence-corrected chi connectivity index (χ3v) is 4.89. The van der Waals surface area contributed by atoms with E-state index in [-0.39, 0.29) is 12.2 Å². The van der Waals surface area contributed by atoms with Crippen LogP contribution in [-0.2, 0) is 19.1 Å². The zero-order valence-electron chi connectivity index (χ0n) is 15.2. The van der Waals surface area contributed by atoms with E-state index in [1.54, 1.807) is 48.5 Å². The fraction of sp³-hybridized carbons (Fsp3) is 0.182. The molecule has 4 rings (SSSR count). The quantitative estimate of drug-likeness (QED) is 0.660. The minimum Gasteiger partial charge on any atom is -0.493 e. The molecule has 0 spiro atoms. The standard InChI is InChI=1S/C22H15F3N2O2/c23-22(24,25)18-11-19(15-6-7-20-16(10-15)8-9-29-20)27(21(28)17(18)12-26)13-14-4-2-1-3-5-14/h1-7,10-11H,8-9,13H2. The highest BCUT2D eigenvalue weighted by molar-refractivity contribution is 5.65. The third-order valence-electron chi connectivity index (χ3n) is 4.89. The van der Waals surface area contributed by atoms with Gasteiger partial charge < -0.3 is 9.30 Å². The van der Waals surface area contributed by atoms with E-state index in [9.17, 15) is 23.2 Å². The number of alkyl halides is 3. The van der Waals surface area contributed by atoms with Gasteiger partial charge in [0.15, 0.2) is 0 Å². The molecule has 2 aromatic carbocycles. The van der Waals surface area contributed by atoms with E-state index in [4.69, 9.17) is 4.74 Å². The zero-order chi connectivity index (χ0) is 20.6. The van der Waals surface area contributed by atoms with Gasteiger partial charge in [0.05, 0.1) is 24.4 Å². The first-order valence-corrected chi connectivity index (χ1v) is 8.93. The lowest BCUT2D eigenvalue weighted by Crippen LogP contribution is -2.28. The average Bonchev–Trinajstić information content (AvgIpc) is 3.17. The van der Waals surface area contributed by atoms with Gasteiger partial charge in [-0.3, -0.25) is 4.79 Å². The number of aromatic nitrogens is 1. The van der Waals surface area contributed by atoms with Crippen LogP contribution in [0.15, 0.2) is 59.4 Å². The molecule has 0 N–H and O–H groups in total. The molecule has 4 nitrogen and oxygen atoms in total. The summed E-state index contributed by atoms with van der Waals surface area (Å²) in [6.07, 6.45) is -4.17. The molecule has 0 bridgehead atoms. The van der Waals surface area contributed by atoms with E-state index in [1.807, 2.05) is 0 Å². The van der Waals surface area contributed by atoms with Gasteiger partial charge in [0.25, 0.3) is 5.56 Å². The molecular weight excluding hydrogens is 381 g/mol. The number of hydrogen-bond donors (Lipinski definition) is 0. The van der Waals surface area contributed by atoms with Crippen LogP contribution in [0.1, 0.15) is 22.3 Å². The molecule has 7 heteroatoms. The maximum atomic E-state index is 13.6. The van der Waals surface area contributed by atoms with E-state index in [2.05, 4.69) is 0 Å². The number of rotatable bonds is 3. The summed E-state index contributed by atoms with van der Waals surface area (Å²) in [4.78, 5) is 12.9. The van der Waals surface area contributed by atoms with E-state index < -0.39 is 22.9 Å². The summed E-state index contributed by atoms with van der Waals surface area (Å²) in [5.41, 5.74) is -0.888. The number of pyridine rings is 1. The molecule has 0 fully saturated rings. The number of halogens is 3. The van der Waals surface area contributed by atoms with Gasteiger partial charge in [-0.15, -0.1) is 0 Å². The maximum Gasteiger partial charge on any atom is 0.417 e. The number of ether oxygens (including phenoxy) is 1. The van der Waals surface area contributed by atoms with Crippen molar-refractivity contribution in [2.75, 3.05) is 6.61 Å². The fourth-order valence-electron chi connectivity index (χ4n) is 3.49. The van der Waals surface area contributed by atoms with Crippen molar-refractivity contribution in [1.29, 1.82) is 5.26 Å². The molecule has 1 aliphatic heterocycles. The molecule has 0 saturated heterocycles. The Morgan fingerprint density at radius 1 is 1.10 bits per heavy atom. The summed E-state index contributed by atoms with van der Waals surface area (Å²) in [6, 6.07) is 16.3. The van der Waals surface area contributed by atoms with Gasteiger partial charge in [-0.2, -0.15) is 18.4 Å². The van der Waals surface area contributed by atoms with E-state index in [0.717, 1.165) is 17.2 Å². The normalized spacial score (nSPS) is 12.9. The Morgan fingerprint density at radius 3 is 2.55 bits per heavy atom. The first-order valence-electron chi connectivity index (χ1n) is 8.93. The number of nitrogens with zero attached hydrogens (tertiary/aromatic N) is 2. The molecular formula is C22H15F3N2O2. The Morgan fingerprint density at radius 2 is 1.86 bits per heavy atom. The van der Waals surface area contributed by atoms with Crippen molar-refractivity contribution in [3.05, 3.63) is 87.2 Å². The highest BCUT2D eigenvalue weighted by Crippen LogP contribution is 2.35. The average molecular weight is 396 g/mol. The van der Waals surface area contributed by atoms with Crippen molar-refractivity contribution in [2.45, 2.75) is 19.1 Å². The summed E-state index contributed by atoms with van der Waals surface area (Å²) in [5.74, 6) is 0.690. The molecule has 0 amide bonds. The SMILES string of the molecule is N#Cc1c(C(F)(F)F)cc(-c2ccc3c(c2)CCO3)n(Cc2ccccc2)c1=O. The molecule has 3 aromatic rings. The number of nitriles is 1. The van der Waals surface area contributed by atoms with Crippen LogP contribution in [0.25, 0.3) is 11.3 Å². The largest absolute Gasteiger partial charge is 0.493 e. The second-order valence-electron chi connectivity index (χ2n) is 6.73. The van der Waals surface area contributed by atoms with Gasteiger partial charge in [0, 0.05) is 6.42 Å². The lowest BCUT2D eigenvalue weighted by Gasteiger charge is -2.18. The van der Waals surface area contributed by atoms with Gasteiger partial charge in [0.1, 0.15) is 17.4 Å². The predicted octanol–water partition coefficient (Wildman–Crippen LogP) is 4.39. The molecule has 0 unspecified atom stereocenters. The second-order valence-corrected chi connectivity index (χ2v) is 6.73. The second kappa shape index (κ2) is 7.13. The Balaban J connectivity index is 1.97. The van der Waals surface area contributed by atoms with Crippen molar-refractivity contribution in [3.63, 3.8) is 0 Å². The first-order chi connectivity index (χ1) is 13.9. The van der Waals surface area contributed by atoms with Gasteiger partial charge in [-0.25, -0.2) is 0 Å². The van der Waals surface area contributed by atoms with Gasteiger partial charge in [0.2, 0.25) is 0 Å². The smallest absolute Gasteiger partial charge is 0.417 e. The minimum absolute atomic E-state index is 0.0510. The van der Waals surface area contributed by atoms with Crippen molar-refractivity contribution >= 4 is 0 Å². The number of fused-ring (bicyclic) bond motifs is 1. The van der Waals surface area contributed by atoms with Crippen LogP contribution in [0.2, 0.25) is 0 Å². The Hall–Kier alpha value is -3.53. The maximum absolute atomic E-state index is 13.6. The molecule has 1 aliphatic rings. The van der Waals surface area contributed by atoms with Crippen LogP contribution in [0.3, 0.4) is 0 Å². The van der Waals surface area contributed by atoms with Gasteiger partial charge >= 0.3 is 6.18 Å². The summed E-state index contributed by atoms with van der Waals surface area (Å²) in [6.45, 7) is 0.562.